The fourth-order valence-corrected chi connectivity index (χ4v) is 2.24. The van der Waals surface area contributed by atoms with Crippen molar-refractivity contribution in [2.24, 2.45) is 5.92 Å². The van der Waals surface area contributed by atoms with Crippen LogP contribution in [-0.2, 0) is 9.59 Å². The maximum absolute atomic E-state index is 11.9. The summed E-state index contributed by atoms with van der Waals surface area (Å²) >= 11 is 0. The largest absolute Gasteiger partial charge is 0.481 e. The van der Waals surface area contributed by atoms with Gasteiger partial charge >= 0.3 is 12.0 Å². The summed E-state index contributed by atoms with van der Waals surface area (Å²) in [6.45, 7) is 6.71. The molecule has 0 aromatic heterocycles. The van der Waals surface area contributed by atoms with Gasteiger partial charge in [0.05, 0.1) is 5.92 Å². The van der Waals surface area contributed by atoms with Crippen molar-refractivity contribution in [2.75, 3.05) is 19.6 Å². The van der Waals surface area contributed by atoms with Gasteiger partial charge in [-0.15, -0.1) is 0 Å². The van der Waals surface area contributed by atoms with Crippen LogP contribution in [0.1, 0.15) is 40.0 Å². The molecule has 120 valence electrons. The second-order valence-corrected chi connectivity index (χ2v) is 6.40. The molecular formula is C14H25N3O4. The highest BCUT2D eigenvalue weighted by Gasteiger charge is 2.28. The van der Waals surface area contributed by atoms with Gasteiger partial charge in [0.15, 0.2) is 0 Å². The Hall–Kier alpha value is -1.79. The lowest BCUT2D eigenvalue weighted by atomic mass is 9.99. The van der Waals surface area contributed by atoms with E-state index in [1.807, 2.05) is 20.8 Å². The molecule has 7 nitrogen and oxygen atoms in total. The number of piperidine rings is 1. The van der Waals surface area contributed by atoms with E-state index in [-0.39, 0.29) is 37.0 Å². The molecule has 7 heteroatoms. The van der Waals surface area contributed by atoms with E-state index in [0.29, 0.717) is 19.4 Å². The SMILES string of the molecule is CC(C)(C)NC(=O)CCNC(=O)N1CCCC(C(=O)O)C1. The summed E-state index contributed by atoms with van der Waals surface area (Å²) in [6.07, 6.45) is 1.50. The molecule has 0 spiro atoms. The lowest BCUT2D eigenvalue weighted by Gasteiger charge is -2.30. The van der Waals surface area contributed by atoms with Crippen LogP contribution in [0, 0.1) is 5.92 Å². The standard InChI is InChI=1S/C14H25N3O4/c1-14(2,3)16-11(18)6-7-15-13(21)17-8-4-5-10(9-17)12(19)20/h10H,4-9H2,1-3H3,(H,15,21)(H,16,18)(H,19,20). The van der Waals surface area contributed by atoms with Crippen molar-refractivity contribution in [3.8, 4) is 0 Å². The van der Waals surface area contributed by atoms with Gasteiger partial charge in [0.1, 0.15) is 0 Å². The van der Waals surface area contributed by atoms with E-state index in [1.165, 1.54) is 4.90 Å². The molecule has 1 rings (SSSR count). The van der Waals surface area contributed by atoms with Crippen molar-refractivity contribution in [1.82, 2.24) is 15.5 Å². The van der Waals surface area contributed by atoms with Gasteiger partial charge in [0.25, 0.3) is 0 Å². The van der Waals surface area contributed by atoms with Gasteiger partial charge in [0, 0.05) is 31.6 Å². The Balaban J connectivity index is 2.30. The fraction of sp³-hybridized carbons (Fsp3) is 0.786. The van der Waals surface area contributed by atoms with Crippen LogP contribution in [0.2, 0.25) is 0 Å². The van der Waals surface area contributed by atoms with Gasteiger partial charge in [-0.1, -0.05) is 0 Å². The van der Waals surface area contributed by atoms with E-state index in [1.54, 1.807) is 0 Å². The van der Waals surface area contributed by atoms with E-state index in [2.05, 4.69) is 10.6 Å². The first kappa shape index (κ1) is 17.3. The molecule has 0 aromatic rings. The van der Waals surface area contributed by atoms with Crippen LogP contribution in [0.5, 0.6) is 0 Å². The summed E-state index contributed by atoms with van der Waals surface area (Å²) < 4.78 is 0. The molecule has 21 heavy (non-hydrogen) atoms. The van der Waals surface area contributed by atoms with Gasteiger partial charge in [0.2, 0.25) is 5.91 Å². The Kier molecular flexibility index (Phi) is 5.99. The highest BCUT2D eigenvalue weighted by atomic mass is 16.4. The molecular weight excluding hydrogens is 274 g/mol. The Morgan fingerprint density at radius 2 is 1.95 bits per heavy atom. The van der Waals surface area contributed by atoms with Crippen LogP contribution in [0.3, 0.4) is 0 Å². The highest BCUT2D eigenvalue weighted by Crippen LogP contribution is 2.16. The molecule has 0 saturated carbocycles. The topological polar surface area (TPSA) is 98.7 Å². The van der Waals surface area contributed by atoms with E-state index in [0.717, 1.165) is 0 Å². The quantitative estimate of drug-likeness (QED) is 0.715. The first-order chi connectivity index (χ1) is 9.69. The number of nitrogens with one attached hydrogen (secondary N) is 2. The van der Waals surface area contributed by atoms with Gasteiger partial charge in [-0.2, -0.15) is 0 Å². The zero-order valence-electron chi connectivity index (χ0n) is 12.9. The third-order valence-corrected chi connectivity index (χ3v) is 3.20. The second kappa shape index (κ2) is 7.28. The van der Waals surface area contributed by atoms with Crippen molar-refractivity contribution in [3.05, 3.63) is 0 Å². The Morgan fingerprint density at radius 1 is 1.29 bits per heavy atom. The minimum absolute atomic E-state index is 0.121. The lowest BCUT2D eigenvalue weighted by Crippen LogP contribution is -2.48. The monoisotopic (exact) mass is 299 g/mol. The molecule has 0 bridgehead atoms. The molecule has 1 unspecified atom stereocenters. The number of hydrogen-bond donors (Lipinski definition) is 3. The number of carbonyl (C=O) groups is 3. The zero-order valence-corrected chi connectivity index (χ0v) is 12.9. The normalized spacial score (nSPS) is 19.0. The average molecular weight is 299 g/mol. The Bertz CT molecular complexity index is 404. The number of urea groups is 1. The van der Waals surface area contributed by atoms with E-state index in [9.17, 15) is 14.4 Å². The summed E-state index contributed by atoms with van der Waals surface area (Å²) in [4.78, 5) is 36.0. The minimum atomic E-state index is -0.864. The summed E-state index contributed by atoms with van der Waals surface area (Å²) in [5.41, 5.74) is -0.289. The number of amides is 3. The van der Waals surface area contributed by atoms with Crippen LogP contribution in [0.25, 0.3) is 0 Å². The van der Waals surface area contributed by atoms with Crippen molar-refractivity contribution < 1.29 is 19.5 Å². The van der Waals surface area contributed by atoms with Crippen LogP contribution in [0.15, 0.2) is 0 Å². The Labute approximate surface area is 125 Å². The Morgan fingerprint density at radius 3 is 2.52 bits per heavy atom. The molecule has 3 amide bonds. The number of hydrogen-bond acceptors (Lipinski definition) is 3. The number of nitrogens with zero attached hydrogens (tertiary/aromatic N) is 1. The van der Waals surface area contributed by atoms with Gasteiger partial charge < -0.3 is 20.6 Å². The summed E-state index contributed by atoms with van der Waals surface area (Å²) in [7, 11) is 0. The van der Waals surface area contributed by atoms with Crippen molar-refractivity contribution >= 4 is 17.9 Å². The van der Waals surface area contributed by atoms with Crippen LogP contribution in [-0.4, -0.2) is 53.1 Å². The highest BCUT2D eigenvalue weighted by molar-refractivity contribution is 5.79. The molecule has 1 aliphatic rings. The molecule has 1 saturated heterocycles. The number of carboxylic acid groups (broad SMARTS) is 1. The number of rotatable bonds is 4. The molecule has 0 radical (unpaired) electrons. The summed E-state index contributed by atoms with van der Waals surface area (Å²) in [5, 5.41) is 14.5. The van der Waals surface area contributed by atoms with Gasteiger partial charge in [-0.25, -0.2) is 4.79 Å². The molecule has 1 heterocycles. The van der Waals surface area contributed by atoms with Crippen LogP contribution in [0.4, 0.5) is 4.79 Å². The van der Waals surface area contributed by atoms with Gasteiger partial charge in [-0.3, -0.25) is 9.59 Å². The van der Waals surface area contributed by atoms with E-state index in [4.69, 9.17) is 5.11 Å². The molecule has 0 aromatic carbocycles. The minimum Gasteiger partial charge on any atom is -0.481 e. The smallest absolute Gasteiger partial charge is 0.317 e. The molecule has 3 N–H and O–H groups in total. The maximum atomic E-state index is 11.9. The molecule has 1 fully saturated rings. The first-order valence-corrected chi connectivity index (χ1v) is 7.25. The van der Waals surface area contributed by atoms with Crippen molar-refractivity contribution in [2.45, 2.75) is 45.6 Å². The molecule has 0 aliphatic carbocycles. The second-order valence-electron chi connectivity index (χ2n) is 6.40. The van der Waals surface area contributed by atoms with Crippen molar-refractivity contribution in [3.63, 3.8) is 0 Å². The predicted molar refractivity (Wildman–Crippen MR) is 77.8 cm³/mol. The number of carboxylic acids is 1. The molecule has 1 aliphatic heterocycles. The third-order valence-electron chi connectivity index (χ3n) is 3.20. The third kappa shape index (κ3) is 6.46. The molecule has 1 atom stereocenters. The zero-order chi connectivity index (χ0) is 16.0. The summed E-state index contributed by atoms with van der Waals surface area (Å²) in [6, 6.07) is -0.301. The van der Waals surface area contributed by atoms with Gasteiger partial charge in [-0.05, 0) is 33.6 Å². The fourth-order valence-electron chi connectivity index (χ4n) is 2.24. The van der Waals surface area contributed by atoms with E-state index >= 15 is 0 Å². The first-order valence-electron chi connectivity index (χ1n) is 7.25. The number of carbonyl (C=O) groups excluding carboxylic acids is 2. The van der Waals surface area contributed by atoms with Crippen LogP contribution < -0.4 is 10.6 Å². The predicted octanol–water partition coefficient (Wildman–Crippen LogP) is 0.797. The van der Waals surface area contributed by atoms with Crippen molar-refractivity contribution in [1.29, 1.82) is 0 Å². The lowest BCUT2D eigenvalue weighted by molar-refractivity contribution is -0.143. The number of likely N-dealkylation sites (tertiary alicyclic amines) is 1. The van der Waals surface area contributed by atoms with Crippen LogP contribution >= 0.6 is 0 Å². The maximum Gasteiger partial charge on any atom is 0.317 e. The average Bonchev–Trinajstić information content (AvgIpc) is 2.36. The summed E-state index contributed by atoms with van der Waals surface area (Å²) in [5.74, 6) is -1.48. The number of aliphatic carboxylic acids is 1. The van der Waals surface area contributed by atoms with E-state index < -0.39 is 11.9 Å².